The predicted molar refractivity (Wildman–Crippen MR) is 73.5 cm³/mol. The predicted octanol–water partition coefficient (Wildman–Crippen LogP) is 0.00680. The van der Waals surface area contributed by atoms with Crippen LogP contribution in [0.5, 0.6) is 0 Å². The summed E-state index contributed by atoms with van der Waals surface area (Å²) in [6.07, 6.45) is 0. The molecule has 0 spiro atoms. The maximum Gasteiger partial charge on any atom is 0.185 e. The van der Waals surface area contributed by atoms with Crippen LogP contribution in [-0.4, -0.2) is 10.2 Å². The van der Waals surface area contributed by atoms with Crippen LogP contribution in [0.4, 0.5) is 11.4 Å². The first-order valence-corrected chi connectivity index (χ1v) is 5.12. The molecule has 8 N–H and O–H groups in total. The Balaban J connectivity index is 2.60. The Hall–Kier alpha value is -1.48. The highest BCUT2D eigenvalue weighted by Crippen LogP contribution is 2.13. The van der Waals surface area contributed by atoms with E-state index in [-0.39, 0.29) is 0 Å². The van der Waals surface area contributed by atoms with E-state index in [0.29, 0.717) is 10.2 Å². The van der Waals surface area contributed by atoms with Crippen molar-refractivity contribution in [1.82, 2.24) is 10.9 Å². The van der Waals surface area contributed by atoms with Crippen molar-refractivity contribution in [2.45, 2.75) is 0 Å². The molecular formula is C8H12N6S2. The fourth-order valence-corrected chi connectivity index (χ4v) is 1.21. The SMILES string of the molecule is NNC(=S)Nc1ccc(NC(=S)NN)cc1. The van der Waals surface area contributed by atoms with Crippen molar-refractivity contribution in [3.8, 4) is 0 Å². The van der Waals surface area contributed by atoms with Crippen molar-refractivity contribution in [3.05, 3.63) is 24.3 Å². The van der Waals surface area contributed by atoms with Gasteiger partial charge in [-0.2, -0.15) is 0 Å². The number of hydrogen-bond acceptors (Lipinski definition) is 4. The summed E-state index contributed by atoms with van der Waals surface area (Å²) in [5.74, 6) is 10.3. The molecule has 0 heterocycles. The van der Waals surface area contributed by atoms with Gasteiger partial charge >= 0.3 is 0 Å². The second kappa shape index (κ2) is 6.18. The Bertz CT molecular complexity index is 340. The zero-order valence-electron chi connectivity index (χ0n) is 8.28. The molecule has 0 fully saturated rings. The van der Waals surface area contributed by atoms with Crippen molar-refractivity contribution in [3.63, 3.8) is 0 Å². The summed E-state index contributed by atoms with van der Waals surface area (Å²) < 4.78 is 0. The zero-order valence-corrected chi connectivity index (χ0v) is 9.91. The monoisotopic (exact) mass is 256 g/mol. The number of nitrogens with one attached hydrogen (secondary N) is 4. The minimum Gasteiger partial charge on any atom is -0.332 e. The van der Waals surface area contributed by atoms with Gasteiger partial charge in [-0.05, 0) is 48.7 Å². The summed E-state index contributed by atoms with van der Waals surface area (Å²) in [5.41, 5.74) is 6.29. The molecule has 86 valence electrons. The number of anilines is 2. The second-order valence-corrected chi connectivity index (χ2v) is 3.59. The van der Waals surface area contributed by atoms with Gasteiger partial charge in [0.2, 0.25) is 0 Å². The van der Waals surface area contributed by atoms with E-state index in [2.05, 4.69) is 21.5 Å². The molecule has 0 aliphatic rings. The molecule has 0 aliphatic carbocycles. The Morgan fingerprint density at radius 1 is 0.812 bits per heavy atom. The zero-order chi connectivity index (χ0) is 12.0. The van der Waals surface area contributed by atoms with Crippen molar-refractivity contribution in [2.75, 3.05) is 10.6 Å². The molecule has 0 amide bonds. The molecule has 1 aromatic carbocycles. The van der Waals surface area contributed by atoms with Crippen LogP contribution in [0, 0.1) is 0 Å². The quantitative estimate of drug-likeness (QED) is 0.250. The largest absolute Gasteiger partial charge is 0.332 e. The van der Waals surface area contributed by atoms with Gasteiger partial charge in [0.25, 0.3) is 0 Å². The molecule has 0 saturated carbocycles. The highest BCUT2D eigenvalue weighted by Gasteiger charge is 1.97. The standard InChI is InChI=1S/C8H12N6S2/c9-13-7(15)11-5-1-2-6(4-3-5)12-8(16)14-10/h1-4H,9-10H2,(H2,11,13,15)(H2,12,14,16). The minimum atomic E-state index is 0.347. The number of benzene rings is 1. The Labute approximate surface area is 104 Å². The number of rotatable bonds is 2. The van der Waals surface area contributed by atoms with E-state index in [1.54, 1.807) is 0 Å². The van der Waals surface area contributed by atoms with Crippen LogP contribution >= 0.6 is 24.4 Å². The van der Waals surface area contributed by atoms with E-state index in [0.717, 1.165) is 11.4 Å². The molecule has 0 aliphatic heterocycles. The van der Waals surface area contributed by atoms with Crippen molar-refractivity contribution < 1.29 is 0 Å². The van der Waals surface area contributed by atoms with Gasteiger partial charge in [-0.15, -0.1) is 0 Å². The lowest BCUT2D eigenvalue weighted by molar-refractivity contribution is 1.04. The van der Waals surface area contributed by atoms with Gasteiger partial charge in [0.1, 0.15) is 0 Å². The van der Waals surface area contributed by atoms with Crippen molar-refractivity contribution in [1.29, 1.82) is 0 Å². The maximum atomic E-state index is 5.13. The lowest BCUT2D eigenvalue weighted by atomic mass is 10.3. The van der Waals surface area contributed by atoms with Gasteiger partial charge < -0.3 is 21.5 Å². The van der Waals surface area contributed by atoms with E-state index >= 15 is 0 Å². The lowest BCUT2D eigenvalue weighted by Gasteiger charge is -2.09. The van der Waals surface area contributed by atoms with Crippen LogP contribution in [-0.2, 0) is 0 Å². The van der Waals surface area contributed by atoms with Gasteiger partial charge in [0.05, 0.1) is 0 Å². The molecule has 8 heteroatoms. The highest BCUT2D eigenvalue weighted by atomic mass is 32.1. The smallest absolute Gasteiger partial charge is 0.185 e. The summed E-state index contributed by atoms with van der Waals surface area (Å²) in [4.78, 5) is 0. The second-order valence-electron chi connectivity index (χ2n) is 2.77. The normalized spacial score (nSPS) is 9.12. The summed E-state index contributed by atoms with van der Waals surface area (Å²) in [6.45, 7) is 0. The van der Waals surface area contributed by atoms with Gasteiger partial charge in [-0.3, -0.25) is 0 Å². The van der Waals surface area contributed by atoms with Gasteiger partial charge in [0.15, 0.2) is 10.2 Å². The molecule has 0 radical (unpaired) electrons. The van der Waals surface area contributed by atoms with Gasteiger partial charge in [-0.25, -0.2) is 11.7 Å². The van der Waals surface area contributed by atoms with E-state index in [4.69, 9.17) is 36.1 Å². The van der Waals surface area contributed by atoms with Crippen LogP contribution < -0.4 is 33.2 Å². The molecule has 0 unspecified atom stereocenters. The van der Waals surface area contributed by atoms with E-state index in [1.165, 1.54) is 0 Å². The molecule has 0 saturated heterocycles. The fourth-order valence-electron chi connectivity index (χ4n) is 0.971. The number of hydrogen-bond donors (Lipinski definition) is 6. The topological polar surface area (TPSA) is 100 Å². The molecule has 6 nitrogen and oxygen atoms in total. The van der Waals surface area contributed by atoms with Crippen molar-refractivity contribution >= 4 is 46.0 Å². The lowest BCUT2D eigenvalue weighted by Crippen LogP contribution is -2.34. The molecular weight excluding hydrogens is 244 g/mol. The first-order valence-electron chi connectivity index (χ1n) is 4.31. The third-order valence-electron chi connectivity index (χ3n) is 1.66. The highest BCUT2D eigenvalue weighted by molar-refractivity contribution is 7.80. The third kappa shape index (κ3) is 3.95. The molecule has 0 atom stereocenters. The number of hydrazine groups is 2. The molecule has 1 aromatic rings. The molecule has 1 rings (SSSR count). The number of thiocarbonyl (C=S) groups is 2. The molecule has 0 aromatic heterocycles. The van der Waals surface area contributed by atoms with Gasteiger partial charge in [-0.1, -0.05) is 0 Å². The number of nitrogens with two attached hydrogens (primary N) is 2. The van der Waals surface area contributed by atoms with Crippen molar-refractivity contribution in [2.24, 2.45) is 11.7 Å². The third-order valence-corrected chi connectivity index (χ3v) is 2.10. The van der Waals surface area contributed by atoms with E-state index in [9.17, 15) is 0 Å². The summed E-state index contributed by atoms with van der Waals surface area (Å²) >= 11 is 9.70. The summed E-state index contributed by atoms with van der Waals surface area (Å²) in [5, 5.41) is 6.46. The average Bonchev–Trinajstić information content (AvgIpc) is 2.31. The van der Waals surface area contributed by atoms with Crippen LogP contribution in [0.25, 0.3) is 0 Å². The minimum absolute atomic E-state index is 0.347. The van der Waals surface area contributed by atoms with Gasteiger partial charge in [0, 0.05) is 11.4 Å². The molecule has 16 heavy (non-hydrogen) atoms. The fraction of sp³-hybridized carbons (Fsp3) is 0. The van der Waals surface area contributed by atoms with E-state index < -0.39 is 0 Å². The Morgan fingerprint density at radius 2 is 1.12 bits per heavy atom. The van der Waals surface area contributed by atoms with Crippen LogP contribution in [0.3, 0.4) is 0 Å². The Morgan fingerprint density at radius 3 is 1.38 bits per heavy atom. The Kier molecular flexibility index (Phi) is 4.86. The summed E-state index contributed by atoms with van der Waals surface area (Å²) in [6, 6.07) is 7.30. The maximum absolute atomic E-state index is 5.13. The summed E-state index contributed by atoms with van der Waals surface area (Å²) in [7, 11) is 0. The van der Waals surface area contributed by atoms with Crippen LogP contribution in [0.1, 0.15) is 0 Å². The van der Waals surface area contributed by atoms with Crippen LogP contribution in [0.2, 0.25) is 0 Å². The van der Waals surface area contributed by atoms with Crippen LogP contribution in [0.15, 0.2) is 24.3 Å². The molecule has 0 bridgehead atoms. The first-order chi connectivity index (χ1) is 7.65. The first kappa shape index (κ1) is 12.6. The van der Waals surface area contributed by atoms with E-state index in [1.807, 2.05) is 24.3 Å². The average molecular weight is 256 g/mol.